The van der Waals surface area contributed by atoms with Crippen LogP contribution in [0.2, 0.25) is 0 Å². The number of ether oxygens (including phenoxy) is 1. The second-order valence-corrected chi connectivity index (χ2v) is 5.40. The highest BCUT2D eigenvalue weighted by Crippen LogP contribution is 2.25. The Balaban J connectivity index is 1.76. The number of fused-ring (bicyclic) bond motifs is 1. The Morgan fingerprint density at radius 1 is 1.04 bits per heavy atom. The molecule has 1 atom stereocenters. The van der Waals surface area contributed by atoms with Gasteiger partial charge in [-0.15, -0.1) is 0 Å². The summed E-state index contributed by atoms with van der Waals surface area (Å²) in [5.74, 6) is -1.31. The molecular formula is C18H15NO5. The summed E-state index contributed by atoms with van der Waals surface area (Å²) < 4.78 is 4.61. The number of benzene rings is 2. The molecule has 24 heavy (non-hydrogen) atoms. The van der Waals surface area contributed by atoms with Crippen LogP contribution >= 0.6 is 0 Å². The number of hydrogen-bond acceptors (Lipinski definition) is 5. The summed E-state index contributed by atoms with van der Waals surface area (Å²) in [6.07, 6.45) is -1.04. The van der Waals surface area contributed by atoms with Crippen molar-refractivity contribution in [3.05, 3.63) is 70.8 Å². The van der Waals surface area contributed by atoms with E-state index in [4.69, 9.17) is 0 Å². The maximum absolute atomic E-state index is 12.3. The van der Waals surface area contributed by atoms with E-state index in [2.05, 4.69) is 4.74 Å². The number of nitrogens with zero attached hydrogens (tertiary/aromatic N) is 1. The molecule has 1 heterocycles. The molecule has 0 spiro atoms. The van der Waals surface area contributed by atoms with Crippen LogP contribution in [0.15, 0.2) is 48.5 Å². The standard InChI is InChI=1S/C18H15NO5/c1-24-18(23)12-8-6-11(7-9-12)15(20)10-19-16(21)13-4-2-3-5-14(13)17(19)22/h2-9,15,20H,10H2,1H3. The van der Waals surface area contributed by atoms with Gasteiger partial charge in [0.1, 0.15) is 0 Å². The lowest BCUT2D eigenvalue weighted by molar-refractivity contribution is 0.0543. The van der Waals surface area contributed by atoms with Crippen molar-refractivity contribution in [2.75, 3.05) is 13.7 Å². The lowest BCUT2D eigenvalue weighted by Gasteiger charge is -2.18. The van der Waals surface area contributed by atoms with Gasteiger partial charge in [0.15, 0.2) is 0 Å². The predicted molar refractivity (Wildman–Crippen MR) is 84.6 cm³/mol. The van der Waals surface area contributed by atoms with Crippen LogP contribution in [0, 0.1) is 0 Å². The quantitative estimate of drug-likeness (QED) is 0.684. The SMILES string of the molecule is COC(=O)c1ccc(C(O)CN2C(=O)c3ccccc3C2=O)cc1. The Morgan fingerprint density at radius 3 is 2.08 bits per heavy atom. The zero-order chi connectivity index (χ0) is 17.3. The zero-order valence-electron chi connectivity index (χ0n) is 12.9. The maximum atomic E-state index is 12.3. The molecule has 0 bridgehead atoms. The summed E-state index contributed by atoms with van der Waals surface area (Å²) in [5.41, 5.74) is 1.54. The monoisotopic (exact) mass is 325 g/mol. The van der Waals surface area contributed by atoms with Crippen molar-refractivity contribution in [3.8, 4) is 0 Å². The summed E-state index contributed by atoms with van der Waals surface area (Å²) in [6, 6.07) is 12.7. The second kappa shape index (κ2) is 6.25. The minimum Gasteiger partial charge on any atom is -0.465 e. The van der Waals surface area contributed by atoms with Gasteiger partial charge in [0, 0.05) is 0 Å². The van der Waals surface area contributed by atoms with Gasteiger partial charge < -0.3 is 9.84 Å². The van der Waals surface area contributed by atoms with Crippen molar-refractivity contribution in [2.45, 2.75) is 6.10 Å². The molecule has 2 aromatic rings. The Bertz CT molecular complexity index is 777. The number of β-amino-alcohol motifs (C(OH)–C–C–N with tert-alkyl or cyclic N) is 1. The van der Waals surface area contributed by atoms with E-state index in [1.807, 2.05) is 0 Å². The molecule has 6 heteroatoms. The van der Waals surface area contributed by atoms with Gasteiger partial charge in [0.2, 0.25) is 0 Å². The summed E-state index contributed by atoms with van der Waals surface area (Å²) >= 11 is 0. The van der Waals surface area contributed by atoms with Gasteiger partial charge in [0.05, 0.1) is 36.4 Å². The van der Waals surface area contributed by atoms with E-state index in [0.29, 0.717) is 22.3 Å². The molecule has 0 radical (unpaired) electrons. The molecule has 1 aliphatic heterocycles. The first-order valence-corrected chi connectivity index (χ1v) is 7.34. The first-order valence-electron chi connectivity index (χ1n) is 7.34. The highest BCUT2D eigenvalue weighted by molar-refractivity contribution is 6.21. The Morgan fingerprint density at radius 2 is 1.58 bits per heavy atom. The van der Waals surface area contributed by atoms with Gasteiger partial charge in [-0.1, -0.05) is 24.3 Å². The van der Waals surface area contributed by atoms with Gasteiger partial charge in [-0.2, -0.15) is 0 Å². The fraction of sp³-hybridized carbons (Fsp3) is 0.167. The van der Waals surface area contributed by atoms with Crippen molar-refractivity contribution < 1.29 is 24.2 Å². The average Bonchev–Trinajstić information content (AvgIpc) is 2.86. The van der Waals surface area contributed by atoms with Crippen LogP contribution in [-0.4, -0.2) is 41.4 Å². The molecule has 2 aromatic carbocycles. The van der Waals surface area contributed by atoms with Crippen molar-refractivity contribution in [2.24, 2.45) is 0 Å². The van der Waals surface area contributed by atoms with Crippen LogP contribution in [0.4, 0.5) is 0 Å². The van der Waals surface area contributed by atoms with Crippen molar-refractivity contribution in [3.63, 3.8) is 0 Å². The number of hydrogen-bond donors (Lipinski definition) is 1. The molecule has 3 rings (SSSR count). The summed E-state index contributed by atoms with van der Waals surface area (Å²) in [5, 5.41) is 10.3. The molecule has 1 aliphatic rings. The van der Waals surface area contributed by atoms with E-state index in [9.17, 15) is 19.5 Å². The third-order valence-corrected chi connectivity index (χ3v) is 3.95. The topological polar surface area (TPSA) is 83.9 Å². The van der Waals surface area contributed by atoms with E-state index in [-0.39, 0.29) is 6.54 Å². The normalized spacial score (nSPS) is 14.5. The fourth-order valence-corrected chi connectivity index (χ4v) is 2.64. The van der Waals surface area contributed by atoms with Crippen LogP contribution in [0.5, 0.6) is 0 Å². The van der Waals surface area contributed by atoms with E-state index in [1.54, 1.807) is 36.4 Å². The predicted octanol–water partition coefficient (Wildman–Crippen LogP) is 1.80. The van der Waals surface area contributed by atoms with Crippen LogP contribution < -0.4 is 0 Å². The fourth-order valence-electron chi connectivity index (χ4n) is 2.64. The van der Waals surface area contributed by atoms with Gasteiger partial charge in [-0.05, 0) is 29.8 Å². The molecule has 1 N–H and O–H groups in total. The van der Waals surface area contributed by atoms with E-state index in [0.717, 1.165) is 4.90 Å². The molecule has 0 aromatic heterocycles. The van der Waals surface area contributed by atoms with E-state index in [1.165, 1.54) is 19.2 Å². The van der Waals surface area contributed by atoms with Gasteiger partial charge in [-0.3, -0.25) is 14.5 Å². The number of carbonyl (C=O) groups excluding carboxylic acids is 3. The lowest BCUT2D eigenvalue weighted by Crippen LogP contribution is -2.33. The van der Waals surface area contributed by atoms with Crippen LogP contribution in [-0.2, 0) is 4.74 Å². The first kappa shape index (κ1) is 15.9. The molecular weight excluding hydrogens is 310 g/mol. The van der Waals surface area contributed by atoms with Crippen LogP contribution in [0.3, 0.4) is 0 Å². The highest BCUT2D eigenvalue weighted by atomic mass is 16.5. The smallest absolute Gasteiger partial charge is 0.337 e. The van der Waals surface area contributed by atoms with E-state index >= 15 is 0 Å². The number of imide groups is 1. The molecule has 2 amide bonds. The molecule has 6 nitrogen and oxygen atoms in total. The Labute approximate surface area is 138 Å². The number of methoxy groups -OCH3 is 1. The van der Waals surface area contributed by atoms with Crippen molar-refractivity contribution in [1.29, 1.82) is 0 Å². The van der Waals surface area contributed by atoms with Crippen molar-refractivity contribution >= 4 is 17.8 Å². The number of aliphatic hydroxyl groups is 1. The summed E-state index contributed by atoms with van der Waals surface area (Å²) in [7, 11) is 1.29. The van der Waals surface area contributed by atoms with Crippen molar-refractivity contribution in [1.82, 2.24) is 4.90 Å². The van der Waals surface area contributed by atoms with E-state index < -0.39 is 23.9 Å². The zero-order valence-corrected chi connectivity index (χ0v) is 12.9. The number of rotatable bonds is 4. The Kier molecular flexibility index (Phi) is 4.14. The largest absolute Gasteiger partial charge is 0.465 e. The second-order valence-electron chi connectivity index (χ2n) is 5.40. The third-order valence-electron chi connectivity index (χ3n) is 3.95. The van der Waals surface area contributed by atoms with Crippen LogP contribution in [0.1, 0.15) is 42.7 Å². The molecule has 0 saturated heterocycles. The molecule has 122 valence electrons. The maximum Gasteiger partial charge on any atom is 0.337 e. The number of amides is 2. The molecule has 1 unspecified atom stereocenters. The summed E-state index contributed by atoms with van der Waals surface area (Å²) in [4.78, 5) is 37.0. The average molecular weight is 325 g/mol. The van der Waals surface area contributed by atoms with Gasteiger partial charge in [-0.25, -0.2) is 4.79 Å². The number of aliphatic hydroxyl groups excluding tert-OH is 1. The number of esters is 1. The first-order chi connectivity index (χ1) is 11.5. The molecule has 0 aliphatic carbocycles. The van der Waals surface area contributed by atoms with Gasteiger partial charge in [0.25, 0.3) is 11.8 Å². The minimum atomic E-state index is -1.04. The minimum absolute atomic E-state index is 0.149. The Hall–Kier alpha value is -2.99. The number of carbonyl (C=O) groups is 3. The third kappa shape index (κ3) is 2.68. The van der Waals surface area contributed by atoms with Gasteiger partial charge >= 0.3 is 5.97 Å². The van der Waals surface area contributed by atoms with Crippen LogP contribution in [0.25, 0.3) is 0 Å². The molecule has 0 saturated carbocycles. The summed E-state index contributed by atoms with van der Waals surface area (Å²) in [6.45, 7) is -0.149. The lowest BCUT2D eigenvalue weighted by atomic mass is 10.1. The molecule has 0 fully saturated rings. The highest BCUT2D eigenvalue weighted by Gasteiger charge is 2.36.